The molecule has 0 aliphatic rings. The molecule has 0 aliphatic carbocycles. The molecule has 0 aliphatic heterocycles. The molecule has 4 aromatic rings. The van der Waals surface area contributed by atoms with Crippen LogP contribution in [-0.2, 0) is 10.1 Å². The van der Waals surface area contributed by atoms with Crippen LogP contribution < -0.4 is 44.7 Å². The number of azo groups is 1. The van der Waals surface area contributed by atoms with Gasteiger partial charge in [0.15, 0.2) is 0 Å². The molecule has 196 valence electrons. The van der Waals surface area contributed by atoms with Crippen LogP contribution in [0.1, 0.15) is 22.8 Å². The molecule has 0 saturated heterocycles. The molecule has 1 amide bonds. The molecular weight excluding hydrogens is 576 g/mol. The minimum Gasteiger partial charge on any atom is -0.870 e. The number of nitrogens with zero attached hydrogens (tertiary/aromatic N) is 2. The van der Waals surface area contributed by atoms with Gasteiger partial charge in [-0.25, -0.2) is 0 Å². The minimum atomic E-state index is -4.75. The minimum absolute atomic E-state index is 0. The van der Waals surface area contributed by atoms with Crippen LogP contribution in [0.15, 0.2) is 75.8 Å². The summed E-state index contributed by atoms with van der Waals surface area (Å²) in [6.07, 6.45) is 0. The van der Waals surface area contributed by atoms with Gasteiger partial charge in [-0.15, -0.1) is 5.11 Å². The quantitative estimate of drug-likeness (QED) is 0.189. The number of fused-ring (bicyclic) bond motifs is 1. The standard InChI is InChI=1S/C26H21Cl2N3O6S.Na/c1-3-37-22-13-16(8-9-19(22)27)29-26(33)18-12-15-6-4-5-7-17(15)23(24(18)32)31-30-21-11-14(2)10-20(28)25(21)38(34,35)36;/h4-13,32H,3H2,1-2H3,(H,29,33)(H,34,35,36);/q;+1/p-1. The number of carbonyl (C=O) groups is 1. The van der Waals surface area contributed by atoms with Gasteiger partial charge in [0.25, 0.3) is 16.0 Å². The fourth-order valence-electron chi connectivity index (χ4n) is 3.77. The van der Waals surface area contributed by atoms with Gasteiger partial charge in [-0.1, -0.05) is 53.2 Å². The van der Waals surface area contributed by atoms with Gasteiger partial charge in [0, 0.05) is 22.7 Å². The number of ether oxygens (including phenoxy) is 1. The Morgan fingerprint density at radius 2 is 1.77 bits per heavy atom. The maximum absolute atomic E-state index is 13.4. The number of amides is 1. The van der Waals surface area contributed by atoms with E-state index in [4.69, 9.17) is 27.9 Å². The molecule has 4 aromatic carbocycles. The smallest absolute Gasteiger partial charge is 0.870 e. The average Bonchev–Trinajstić information content (AvgIpc) is 2.84. The monoisotopic (exact) mass is 595 g/mol. The molecule has 13 heteroatoms. The predicted molar refractivity (Wildman–Crippen MR) is 144 cm³/mol. The van der Waals surface area contributed by atoms with Crippen molar-refractivity contribution in [2.24, 2.45) is 10.2 Å². The van der Waals surface area contributed by atoms with Crippen molar-refractivity contribution in [3.63, 3.8) is 0 Å². The number of carbonyl (C=O) groups excluding carboxylic acids is 1. The van der Waals surface area contributed by atoms with E-state index in [-0.39, 0.29) is 51.5 Å². The van der Waals surface area contributed by atoms with Gasteiger partial charge < -0.3 is 15.2 Å². The van der Waals surface area contributed by atoms with Crippen LogP contribution in [0.4, 0.5) is 17.1 Å². The number of hydrogen-bond acceptors (Lipinski definition) is 7. The largest absolute Gasteiger partial charge is 1.00 e. The van der Waals surface area contributed by atoms with E-state index in [0.717, 1.165) is 0 Å². The van der Waals surface area contributed by atoms with E-state index in [0.29, 0.717) is 39.4 Å². The summed E-state index contributed by atoms with van der Waals surface area (Å²) in [6, 6.07) is 15.5. The van der Waals surface area contributed by atoms with Gasteiger partial charge in [-0.2, -0.15) is 13.5 Å². The zero-order chi connectivity index (χ0) is 27.6. The second kappa shape index (κ2) is 12.6. The molecule has 39 heavy (non-hydrogen) atoms. The van der Waals surface area contributed by atoms with Gasteiger partial charge in [0.1, 0.15) is 16.3 Å². The normalized spacial score (nSPS) is 11.4. The second-order valence-corrected chi connectivity index (χ2v) is 10.3. The molecule has 0 bridgehead atoms. The number of benzene rings is 4. The number of aryl methyl sites for hydroxylation is 1. The van der Waals surface area contributed by atoms with Crippen molar-refractivity contribution in [2.45, 2.75) is 18.7 Å². The fraction of sp³-hybridized carbons (Fsp3) is 0.115. The summed E-state index contributed by atoms with van der Waals surface area (Å²) < 4.78 is 38.9. The van der Waals surface area contributed by atoms with Crippen molar-refractivity contribution in [2.75, 3.05) is 11.9 Å². The molecule has 0 atom stereocenters. The zero-order valence-electron chi connectivity index (χ0n) is 21.0. The summed E-state index contributed by atoms with van der Waals surface area (Å²) in [5.74, 6) is -1.08. The van der Waals surface area contributed by atoms with Crippen molar-refractivity contribution in [1.82, 2.24) is 0 Å². The molecule has 0 heterocycles. The molecule has 0 fully saturated rings. The molecule has 4 rings (SSSR count). The van der Waals surface area contributed by atoms with Crippen molar-refractivity contribution in [1.29, 1.82) is 0 Å². The summed E-state index contributed by atoms with van der Waals surface area (Å²) in [5, 5.41) is 25.1. The van der Waals surface area contributed by atoms with Crippen LogP contribution in [0.5, 0.6) is 11.5 Å². The maximum atomic E-state index is 13.4. The van der Waals surface area contributed by atoms with Gasteiger partial charge in [-0.05, 0) is 55.1 Å². The van der Waals surface area contributed by atoms with Crippen LogP contribution in [0.3, 0.4) is 0 Å². The van der Waals surface area contributed by atoms with E-state index in [2.05, 4.69) is 15.5 Å². The first kappa shape index (κ1) is 30.8. The topological polar surface area (TPSA) is 140 Å². The van der Waals surface area contributed by atoms with Crippen molar-refractivity contribution in [3.05, 3.63) is 81.8 Å². The van der Waals surface area contributed by atoms with Crippen LogP contribution in [0.25, 0.3) is 10.8 Å². The van der Waals surface area contributed by atoms with Gasteiger partial charge in [-0.3, -0.25) is 9.35 Å². The number of anilines is 1. The van der Waals surface area contributed by atoms with E-state index in [1.54, 1.807) is 50.2 Å². The van der Waals surface area contributed by atoms with Crippen LogP contribution in [-0.4, -0.2) is 25.5 Å². The SMILES string of the molecule is CCOc1cc(NC(=O)c2cc3ccccc3c(N=Nc3cc(C)cc(Cl)c3S(=O)(=O)O)c2[O-])ccc1Cl.[Na+]. The van der Waals surface area contributed by atoms with Crippen LogP contribution >= 0.6 is 23.2 Å². The summed E-state index contributed by atoms with van der Waals surface area (Å²) in [4.78, 5) is 12.5. The second-order valence-electron chi connectivity index (χ2n) is 8.13. The molecular formula is C26H20Cl2N3NaO6S. The van der Waals surface area contributed by atoms with E-state index < -0.39 is 26.7 Å². The van der Waals surface area contributed by atoms with E-state index >= 15 is 0 Å². The molecule has 0 saturated carbocycles. The van der Waals surface area contributed by atoms with E-state index in [9.17, 15) is 22.9 Å². The maximum Gasteiger partial charge on any atom is 1.00 e. The zero-order valence-corrected chi connectivity index (χ0v) is 25.4. The van der Waals surface area contributed by atoms with Gasteiger partial charge in [0.05, 0.1) is 22.3 Å². The fourth-order valence-corrected chi connectivity index (χ4v) is 5.17. The Balaban J connectivity index is 0.00000420. The summed E-state index contributed by atoms with van der Waals surface area (Å²) in [7, 11) is -4.75. The predicted octanol–water partition coefficient (Wildman–Crippen LogP) is 3.85. The first-order chi connectivity index (χ1) is 18.0. The van der Waals surface area contributed by atoms with Gasteiger partial charge >= 0.3 is 29.6 Å². The molecule has 0 radical (unpaired) electrons. The Morgan fingerprint density at radius 1 is 1.05 bits per heavy atom. The van der Waals surface area contributed by atoms with Crippen molar-refractivity contribution < 1.29 is 57.2 Å². The van der Waals surface area contributed by atoms with Crippen molar-refractivity contribution >= 4 is 67.1 Å². The molecule has 0 unspecified atom stereocenters. The average molecular weight is 596 g/mol. The summed E-state index contributed by atoms with van der Waals surface area (Å²) >= 11 is 12.2. The Morgan fingerprint density at radius 3 is 2.46 bits per heavy atom. The number of nitrogens with one attached hydrogen (secondary N) is 1. The number of halogens is 2. The third-order valence-electron chi connectivity index (χ3n) is 5.39. The Bertz CT molecular complexity index is 1710. The molecule has 0 aromatic heterocycles. The Hall–Kier alpha value is -2.70. The summed E-state index contributed by atoms with van der Waals surface area (Å²) in [5.41, 5.74) is 0.221. The van der Waals surface area contributed by atoms with E-state index in [1.165, 1.54) is 24.3 Å². The van der Waals surface area contributed by atoms with Crippen LogP contribution in [0.2, 0.25) is 10.0 Å². The van der Waals surface area contributed by atoms with E-state index in [1.807, 2.05) is 0 Å². The number of rotatable bonds is 7. The third kappa shape index (κ3) is 6.90. The first-order valence-electron chi connectivity index (χ1n) is 11.2. The third-order valence-corrected chi connectivity index (χ3v) is 7.06. The van der Waals surface area contributed by atoms with Crippen LogP contribution in [0, 0.1) is 6.92 Å². The molecule has 9 nitrogen and oxygen atoms in total. The van der Waals surface area contributed by atoms with Crippen molar-refractivity contribution in [3.8, 4) is 11.5 Å². The van der Waals surface area contributed by atoms with Gasteiger partial charge in [0.2, 0.25) is 0 Å². The number of hydrogen-bond donors (Lipinski definition) is 2. The Labute approximate surface area is 256 Å². The Kier molecular flexibility index (Phi) is 10.0. The first-order valence-corrected chi connectivity index (χ1v) is 13.3. The molecule has 2 N–H and O–H groups in total. The summed E-state index contributed by atoms with van der Waals surface area (Å²) in [6.45, 7) is 3.80. The molecule has 0 spiro atoms.